The van der Waals surface area contributed by atoms with Crippen LogP contribution in [0.4, 0.5) is 10.5 Å². The Morgan fingerprint density at radius 3 is 2.66 bits per heavy atom. The number of aryl methyl sites for hydroxylation is 1. The van der Waals surface area contributed by atoms with Crippen LogP contribution in [-0.4, -0.2) is 27.4 Å². The Labute approximate surface area is 187 Å². The average Bonchev–Trinajstić information content (AvgIpc) is 2.75. The first-order valence-corrected chi connectivity index (χ1v) is 10.4. The molecule has 4 amide bonds. The van der Waals surface area contributed by atoms with Gasteiger partial charge in [-0.05, 0) is 55.3 Å². The number of anilines is 1. The lowest BCUT2D eigenvalue weighted by Crippen LogP contribution is -2.45. The van der Waals surface area contributed by atoms with Crippen LogP contribution in [-0.2, 0) is 16.1 Å². The second-order valence-electron chi connectivity index (χ2n) is 7.47. The lowest BCUT2D eigenvalue weighted by Gasteiger charge is -2.24. The maximum absolute atomic E-state index is 13.2. The third-order valence-corrected chi connectivity index (χ3v) is 5.47. The van der Waals surface area contributed by atoms with E-state index in [0.717, 1.165) is 0 Å². The van der Waals surface area contributed by atoms with E-state index in [0.29, 0.717) is 33.0 Å². The molecule has 0 radical (unpaired) electrons. The Kier molecular flexibility index (Phi) is 5.91. The van der Waals surface area contributed by atoms with Gasteiger partial charge in [0.2, 0.25) is 11.8 Å². The molecular formula is C22H20ClN5O4. The second-order valence-corrected chi connectivity index (χ2v) is 7.90. The SMILES string of the molecule is Cc1nc2ccc(CNC(=O)Nc3ccc(Cl)cc3)cc2c(=O)n1[C@H]1CCC(=O)NC1=O. The zero-order chi connectivity index (χ0) is 22.8. The van der Waals surface area contributed by atoms with Crippen molar-refractivity contribution in [1.82, 2.24) is 20.2 Å². The van der Waals surface area contributed by atoms with Gasteiger partial charge in [-0.15, -0.1) is 0 Å². The van der Waals surface area contributed by atoms with Gasteiger partial charge in [0, 0.05) is 23.7 Å². The van der Waals surface area contributed by atoms with Crippen molar-refractivity contribution >= 4 is 46.0 Å². The third kappa shape index (κ3) is 4.47. The van der Waals surface area contributed by atoms with Gasteiger partial charge in [-0.1, -0.05) is 17.7 Å². The van der Waals surface area contributed by atoms with Crippen molar-refractivity contribution in [3.05, 3.63) is 69.2 Å². The van der Waals surface area contributed by atoms with Gasteiger partial charge in [-0.25, -0.2) is 9.78 Å². The summed E-state index contributed by atoms with van der Waals surface area (Å²) in [5.41, 5.74) is 1.42. The van der Waals surface area contributed by atoms with Crippen LogP contribution < -0.4 is 21.5 Å². The number of urea groups is 1. The van der Waals surface area contributed by atoms with Crippen LogP contribution in [0.1, 0.15) is 30.3 Å². The van der Waals surface area contributed by atoms with E-state index in [4.69, 9.17) is 11.6 Å². The van der Waals surface area contributed by atoms with E-state index in [1.807, 2.05) is 0 Å². The number of nitrogens with zero attached hydrogens (tertiary/aromatic N) is 2. The van der Waals surface area contributed by atoms with Crippen molar-refractivity contribution in [3.8, 4) is 0 Å². The predicted molar refractivity (Wildman–Crippen MR) is 119 cm³/mol. The Bertz CT molecular complexity index is 1290. The van der Waals surface area contributed by atoms with Crippen LogP contribution >= 0.6 is 11.6 Å². The van der Waals surface area contributed by atoms with Crippen molar-refractivity contribution in [3.63, 3.8) is 0 Å². The van der Waals surface area contributed by atoms with Crippen molar-refractivity contribution in [2.45, 2.75) is 32.4 Å². The van der Waals surface area contributed by atoms with Crippen molar-refractivity contribution < 1.29 is 14.4 Å². The van der Waals surface area contributed by atoms with E-state index >= 15 is 0 Å². The topological polar surface area (TPSA) is 122 Å². The molecule has 0 spiro atoms. The van der Waals surface area contributed by atoms with E-state index in [9.17, 15) is 19.2 Å². The molecule has 1 aliphatic heterocycles. The van der Waals surface area contributed by atoms with Crippen molar-refractivity contribution in [2.75, 3.05) is 5.32 Å². The Balaban J connectivity index is 1.54. The van der Waals surface area contributed by atoms with E-state index in [1.165, 1.54) is 4.57 Å². The monoisotopic (exact) mass is 453 g/mol. The summed E-state index contributed by atoms with van der Waals surface area (Å²) in [4.78, 5) is 53.5. The van der Waals surface area contributed by atoms with Crippen LogP contribution in [0.3, 0.4) is 0 Å². The maximum atomic E-state index is 13.2. The fourth-order valence-corrected chi connectivity index (χ4v) is 3.78. The van der Waals surface area contributed by atoms with Crippen molar-refractivity contribution in [2.24, 2.45) is 0 Å². The first-order chi connectivity index (χ1) is 15.3. The Morgan fingerprint density at radius 2 is 1.94 bits per heavy atom. The summed E-state index contributed by atoms with van der Waals surface area (Å²) >= 11 is 5.84. The van der Waals surface area contributed by atoms with E-state index in [-0.39, 0.29) is 30.9 Å². The second kappa shape index (κ2) is 8.80. The molecule has 0 saturated carbocycles. The van der Waals surface area contributed by atoms with Crippen LogP contribution in [0.2, 0.25) is 5.02 Å². The molecule has 9 nitrogen and oxygen atoms in total. The first kappa shape index (κ1) is 21.5. The summed E-state index contributed by atoms with van der Waals surface area (Å²) < 4.78 is 1.33. The molecule has 0 unspecified atom stereocenters. The smallest absolute Gasteiger partial charge is 0.319 e. The van der Waals surface area contributed by atoms with Crippen molar-refractivity contribution in [1.29, 1.82) is 0 Å². The molecule has 1 aromatic heterocycles. The summed E-state index contributed by atoms with van der Waals surface area (Å²) in [6.07, 6.45) is 0.401. The number of hydrogen-bond acceptors (Lipinski definition) is 5. The fraction of sp³-hybridized carbons (Fsp3) is 0.227. The van der Waals surface area contributed by atoms with Gasteiger partial charge < -0.3 is 10.6 Å². The average molecular weight is 454 g/mol. The molecule has 2 heterocycles. The van der Waals surface area contributed by atoms with Gasteiger partial charge in [0.25, 0.3) is 5.56 Å². The lowest BCUT2D eigenvalue weighted by molar-refractivity contribution is -0.135. The summed E-state index contributed by atoms with van der Waals surface area (Å²) in [5, 5.41) is 8.60. The van der Waals surface area contributed by atoms with Gasteiger partial charge >= 0.3 is 6.03 Å². The molecule has 3 N–H and O–H groups in total. The number of piperidine rings is 1. The lowest BCUT2D eigenvalue weighted by atomic mass is 10.0. The standard InChI is InChI=1S/C22H20ClN5O4/c1-12-25-17-7-2-13(11-24-22(32)26-15-5-3-14(23)4-6-15)10-16(17)21(31)28(12)18-8-9-19(29)27-20(18)30/h2-7,10,18H,8-9,11H2,1H3,(H2,24,26,32)(H,27,29,30)/t18-/m0/s1. The van der Waals surface area contributed by atoms with Crippen LogP contribution in [0.5, 0.6) is 0 Å². The molecule has 3 aromatic rings. The van der Waals surface area contributed by atoms with E-state index in [1.54, 1.807) is 49.4 Å². The quantitative estimate of drug-likeness (QED) is 0.524. The number of imide groups is 1. The molecule has 0 aliphatic carbocycles. The molecule has 0 bridgehead atoms. The summed E-state index contributed by atoms with van der Waals surface area (Å²) in [6.45, 7) is 1.84. The maximum Gasteiger partial charge on any atom is 0.319 e. The van der Waals surface area contributed by atoms with Gasteiger partial charge in [0.15, 0.2) is 0 Å². The molecule has 4 rings (SSSR count). The molecule has 10 heteroatoms. The molecule has 1 atom stereocenters. The number of nitrogens with one attached hydrogen (secondary N) is 3. The zero-order valence-electron chi connectivity index (χ0n) is 17.1. The molecule has 1 saturated heterocycles. The molecule has 32 heavy (non-hydrogen) atoms. The van der Waals surface area contributed by atoms with E-state index < -0.39 is 18.0 Å². The molecule has 1 aliphatic rings. The largest absolute Gasteiger partial charge is 0.334 e. The van der Waals surface area contributed by atoms with Gasteiger partial charge in [-0.3, -0.25) is 24.3 Å². The summed E-state index contributed by atoms with van der Waals surface area (Å²) in [6, 6.07) is 10.6. The van der Waals surface area contributed by atoms with Gasteiger partial charge in [0.05, 0.1) is 10.9 Å². The molecule has 164 valence electrons. The predicted octanol–water partition coefficient (Wildman–Crippen LogP) is 2.66. The minimum absolute atomic E-state index is 0.160. The third-order valence-electron chi connectivity index (χ3n) is 5.22. The highest BCUT2D eigenvalue weighted by Crippen LogP contribution is 2.20. The minimum atomic E-state index is -0.788. The van der Waals surface area contributed by atoms with Crippen LogP contribution in [0, 0.1) is 6.92 Å². The number of hydrogen-bond donors (Lipinski definition) is 3. The van der Waals surface area contributed by atoms with Crippen LogP contribution in [0.25, 0.3) is 10.9 Å². The number of halogens is 1. The minimum Gasteiger partial charge on any atom is -0.334 e. The highest BCUT2D eigenvalue weighted by atomic mass is 35.5. The van der Waals surface area contributed by atoms with Gasteiger partial charge in [0.1, 0.15) is 11.9 Å². The number of carbonyl (C=O) groups is 3. The fourth-order valence-electron chi connectivity index (χ4n) is 3.65. The summed E-state index contributed by atoms with van der Waals surface area (Å²) in [7, 11) is 0. The zero-order valence-corrected chi connectivity index (χ0v) is 17.9. The highest BCUT2D eigenvalue weighted by molar-refractivity contribution is 6.30. The first-order valence-electron chi connectivity index (χ1n) is 9.98. The number of benzene rings is 2. The Morgan fingerprint density at radius 1 is 1.19 bits per heavy atom. The van der Waals surface area contributed by atoms with E-state index in [2.05, 4.69) is 20.9 Å². The summed E-state index contributed by atoms with van der Waals surface area (Å²) in [5.74, 6) is -0.467. The number of aromatic nitrogens is 2. The number of amides is 4. The molecule has 2 aromatic carbocycles. The normalized spacial score (nSPS) is 16.0. The Hall–Kier alpha value is -3.72. The molecular weight excluding hydrogens is 434 g/mol. The number of carbonyl (C=O) groups excluding carboxylic acids is 3. The molecule has 1 fully saturated rings. The highest BCUT2D eigenvalue weighted by Gasteiger charge is 2.30. The van der Waals surface area contributed by atoms with Crippen LogP contribution in [0.15, 0.2) is 47.3 Å². The van der Waals surface area contributed by atoms with Gasteiger partial charge in [-0.2, -0.15) is 0 Å². The number of fused-ring (bicyclic) bond motifs is 1. The number of rotatable bonds is 4.